The van der Waals surface area contributed by atoms with E-state index < -0.39 is 14.5 Å². The zero-order valence-corrected chi connectivity index (χ0v) is 12.1. The normalized spacial score (nSPS) is 12.5. The maximum Gasteiger partial charge on any atom is 0.233 e. The van der Waals surface area contributed by atoms with E-state index in [-0.39, 0.29) is 18.2 Å². The minimum absolute atomic E-state index is 0.179. The average molecular weight is 295 g/mol. The van der Waals surface area contributed by atoms with Crippen LogP contribution in [-0.2, 0) is 9.05 Å². The lowest BCUT2D eigenvalue weighted by atomic mass is 9.98. The fourth-order valence-corrected chi connectivity index (χ4v) is 3.40. The molecule has 6 heteroatoms. The highest BCUT2D eigenvalue weighted by Gasteiger charge is 2.26. The number of rotatable bonds is 5. The zero-order valence-electron chi connectivity index (χ0n) is 10.5. The number of aryl methyl sites for hydroxylation is 1. The van der Waals surface area contributed by atoms with Gasteiger partial charge in [-0.15, -0.1) is 0 Å². The Balaban J connectivity index is 2.67. The Bertz CT molecular complexity index is 526. The predicted molar refractivity (Wildman–Crippen MR) is 70.1 cm³/mol. The van der Waals surface area contributed by atoms with Crippen LogP contribution in [0.3, 0.4) is 0 Å². The summed E-state index contributed by atoms with van der Waals surface area (Å²) in [6.45, 7) is 5.30. The molecule has 0 aromatic heterocycles. The summed E-state index contributed by atoms with van der Waals surface area (Å²) in [5.74, 6) is 0.0285. The molecule has 0 N–H and O–H groups in total. The Labute approximate surface area is 111 Å². The molecule has 0 aliphatic rings. The third kappa shape index (κ3) is 5.23. The monoisotopic (exact) mass is 294 g/mol. The van der Waals surface area contributed by atoms with Crippen LogP contribution in [0.1, 0.15) is 19.4 Å². The predicted octanol–water partition coefficient (Wildman–Crippen LogP) is 3.11. The molecule has 0 bridgehead atoms. The molecule has 0 amide bonds. The van der Waals surface area contributed by atoms with Crippen LogP contribution in [0, 0.1) is 18.2 Å². The smallest absolute Gasteiger partial charge is 0.233 e. The Hall–Kier alpha value is -0.810. The van der Waals surface area contributed by atoms with Crippen molar-refractivity contribution in [2.75, 3.05) is 12.4 Å². The van der Waals surface area contributed by atoms with Crippen LogP contribution in [0.2, 0.25) is 0 Å². The molecule has 0 radical (unpaired) electrons. The minimum atomic E-state index is -3.57. The van der Waals surface area contributed by atoms with Gasteiger partial charge in [0.1, 0.15) is 11.6 Å². The van der Waals surface area contributed by atoms with E-state index >= 15 is 0 Å². The summed E-state index contributed by atoms with van der Waals surface area (Å²) in [5.41, 5.74) is -0.127. The fourth-order valence-electron chi connectivity index (χ4n) is 1.49. The molecule has 1 rings (SSSR count). The molecule has 0 aliphatic heterocycles. The third-order valence-corrected chi connectivity index (χ3v) is 3.78. The van der Waals surface area contributed by atoms with Crippen LogP contribution in [0.25, 0.3) is 0 Å². The highest BCUT2D eigenvalue weighted by Crippen LogP contribution is 2.23. The highest BCUT2D eigenvalue weighted by atomic mass is 35.7. The Morgan fingerprint density at radius 3 is 2.50 bits per heavy atom. The molecule has 0 unspecified atom stereocenters. The second kappa shape index (κ2) is 5.45. The molecule has 18 heavy (non-hydrogen) atoms. The number of halogens is 2. The maximum atomic E-state index is 13.0. The second-order valence-electron chi connectivity index (χ2n) is 5.05. The van der Waals surface area contributed by atoms with Gasteiger partial charge in [0.15, 0.2) is 0 Å². The van der Waals surface area contributed by atoms with E-state index in [4.69, 9.17) is 15.4 Å². The molecule has 0 saturated heterocycles. The van der Waals surface area contributed by atoms with Crippen molar-refractivity contribution in [2.24, 2.45) is 5.41 Å². The number of benzene rings is 1. The Kier molecular flexibility index (Phi) is 4.61. The average Bonchev–Trinajstić information content (AvgIpc) is 2.16. The molecule has 0 atom stereocenters. The molecule has 0 spiro atoms. The van der Waals surface area contributed by atoms with Gasteiger partial charge in [-0.2, -0.15) is 0 Å². The number of hydrogen-bond donors (Lipinski definition) is 0. The van der Waals surface area contributed by atoms with E-state index in [9.17, 15) is 12.8 Å². The summed E-state index contributed by atoms with van der Waals surface area (Å²) in [6.07, 6.45) is 0. The lowest BCUT2D eigenvalue weighted by Gasteiger charge is -2.23. The molecule has 0 saturated carbocycles. The Morgan fingerprint density at radius 2 is 2.00 bits per heavy atom. The van der Waals surface area contributed by atoms with Gasteiger partial charge in [-0.25, -0.2) is 12.8 Å². The first-order valence-corrected chi connectivity index (χ1v) is 7.88. The van der Waals surface area contributed by atoms with Crippen molar-refractivity contribution in [1.82, 2.24) is 0 Å². The first kappa shape index (κ1) is 15.2. The van der Waals surface area contributed by atoms with Gasteiger partial charge in [0.2, 0.25) is 9.05 Å². The quantitative estimate of drug-likeness (QED) is 0.784. The van der Waals surface area contributed by atoms with Gasteiger partial charge in [-0.05, 0) is 30.7 Å². The van der Waals surface area contributed by atoms with E-state index in [2.05, 4.69) is 0 Å². The highest BCUT2D eigenvalue weighted by molar-refractivity contribution is 8.13. The molecule has 1 aromatic carbocycles. The molecule has 102 valence electrons. The number of hydrogen-bond acceptors (Lipinski definition) is 3. The standard InChI is InChI=1S/C12H16ClFO3S/c1-9-6-10(4-5-11(9)14)17-7-12(2,3)8-18(13,15)16/h4-6H,7-8H2,1-3H3. The topological polar surface area (TPSA) is 43.4 Å². The second-order valence-corrected chi connectivity index (χ2v) is 7.82. The molecule has 0 fully saturated rings. The van der Waals surface area contributed by atoms with Gasteiger partial charge >= 0.3 is 0 Å². The molecule has 0 heterocycles. The molecular formula is C12H16ClFO3S. The summed E-state index contributed by atoms with van der Waals surface area (Å²) in [6, 6.07) is 4.39. The van der Waals surface area contributed by atoms with Crippen molar-refractivity contribution in [1.29, 1.82) is 0 Å². The zero-order chi connectivity index (χ0) is 14.0. The summed E-state index contributed by atoms with van der Waals surface area (Å²) in [7, 11) is 1.64. The summed E-state index contributed by atoms with van der Waals surface area (Å²) >= 11 is 0. The van der Waals surface area contributed by atoms with Crippen molar-refractivity contribution in [3.05, 3.63) is 29.6 Å². The largest absolute Gasteiger partial charge is 0.493 e. The Morgan fingerprint density at radius 1 is 1.39 bits per heavy atom. The van der Waals surface area contributed by atoms with Crippen molar-refractivity contribution in [2.45, 2.75) is 20.8 Å². The minimum Gasteiger partial charge on any atom is -0.493 e. The maximum absolute atomic E-state index is 13.0. The van der Waals surface area contributed by atoms with Crippen LogP contribution < -0.4 is 4.74 Å². The van der Waals surface area contributed by atoms with Crippen molar-refractivity contribution in [3.8, 4) is 5.75 Å². The van der Waals surface area contributed by atoms with Gasteiger partial charge in [0.25, 0.3) is 0 Å². The molecular weight excluding hydrogens is 279 g/mol. The van der Waals surface area contributed by atoms with Gasteiger partial charge in [0.05, 0.1) is 12.4 Å². The molecule has 1 aromatic rings. The first-order valence-electron chi connectivity index (χ1n) is 5.40. The first-order chi connectivity index (χ1) is 8.09. The lowest BCUT2D eigenvalue weighted by Crippen LogP contribution is -2.28. The van der Waals surface area contributed by atoms with E-state index in [0.29, 0.717) is 11.3 Å². The van der Waals surface area contributed by atoms with Gasteiger partial charge < -0.3 is 4.74 Å². The summed E-state index contributed by atoms with van der Waals surface area (Å²) in [4.78, 5) is 0. The van der Waals surface area contributed by atoms with Crippen LogP contribution in [0.4, 0.5) is 4.39 Å². The molecule has 3 nitrogen and oxygen atoms in total. The van der Waals surface area contributed by atoms with E-state index in [0.717, 1.165) is 0 Å². The van der Waals surface area contributed by atoms with E-state index in [1.807, 2.05) is 0 Å². The third-order valence-electron chi connectivity index (χ3n) is 2.32. The van der Waals surface area contributed by atoms with E-state index in [1.165, 1.54) is 12.1 Å². The molecule has 0 aliphatic carbocycles. The SMILES string of the molecule is Cc1cc(OCC(C)(C)CS(=O)(=O)Cl)ccc1F. The van der Waals surface area contributed by atoms with Crippen LogP contribution in [-0.4, -0.2) is 20.8 Å². The lowest BCUT2D eigenvalue weighted by molar-refractivity contribution is 0.200. The van der Waals surface area contributed by atoms with Gasteiger partial charge in [0, 0.05) is 16.1 Å². The van der Waals surface area contributed by atoms with Crippen molar-refractivity contribution >= 4 is 19.7 Å². The van der Waals surface area contributed by atoms with Crippen LogP contribution in [0.5, 0.6) is 5.75 Å². The van der Waals surface area contributed by atoms with Crippen molar-refractivity contribution in [3.63, 3.8) is 0 Å². The fraction of sp³-hybridized carbons (Fsp3) is 0.500. The van der Waals surface area contributed by atoms with Crippen LogP contribution in [0.15, 0.2) is 18.2 Å². The van der Waals surface area contributed by atoms with Gasteiger partial charge in [-0.3, -0.25) is 0 Å². The van der Waals surface area contributed by atoms with Crippen molar-refractivity contribution < 1.29 is 17.5 Å². The summed E-state index contributed by atoms with van der Waals surface area (Å²) < 4.78 is 40.5. The van der Waals surface area contributed by atoms with E-state index in [1.54, 1.807) is 26.8 Å². The van der Waals surface area contributed by atoms with Gasteiger partial charge in [-0.1, -0.05) is 13.8 Å². The summed E-state index contributed by atoms with van der Waals surface area (Å²) in [5, 5.41) is 0. The number of ether oxygens (including phenoxy) is 1. The van der Waals surface area contributed by atoms with Crippen LogP contribution >= 0.6 is 10.7 Å².